The number of carbonyl (C=O) groups is 2. The summed E-state index contributed by atoms with van der Waals surface area (Å²) in [6.07, 6.45) is 64.9. The molecule has 0 aliphatic heterocycles. The molecule has 0 aromatic carbocycles. The molecular formula is C58H111NO5. The molecule has 6 nitrogen and oxygen atoms in total. The first-order chi connectivity index (χ1) is 31.5. The summed E-state index contributed by atoms with van der Waals surface area (Å²) in [4.78, 5) is 24.5. The SMILES string of the molecule is CCCCCCCC/C=C\CCCCCCCCCC(=O)OCCCCCCCCCCCCCCCCCCCCCC(=O)NC(CO)C(O)/C=C/CCCCCCCCCCC. The Morgan fingerprint density at radius 3 is 1.11 bits per heavy atom. The lowest BCUT2D eigenvalue weighted by Gasteiger charge is -2.20. The van der Waals surface area contributed by atoms with Gasteiger partial charge in [-0.3, -0.25) is 9.59 Å². The summed E-state index contributed by atoms with van der Waals surface area (Å²) in [5.41, 5.74) is 0. The molecule has 0 radical (unpaired) electrons. The molecule has 0 heterocycles. The minimum atomic E-state index is -0.844. The van der Waals surface area contributed by atoms with Gasteiger partial charge in [0.2, 0.25) is 5.91 Å². The molecule has 0 saturated carbocycles. The predicted octanol–water partition coefficient (Wildman–Crippen LogP) is 17.5. The van der Waals surface area contributed by atoms with Crippen LogP contribution in [0.1, 0.15) is 309 Å². The Kier molecular flexibility index (Phi) is 52.6. The Bertz CT molecular complexity index is 997. The highest BCUT2D eigenvalue weighted by Gasteiger charge is 2.18. The molecule has 0 aromatic rings. The molecule has 0 aliphatic carbocycles. The van der Waals surface area contributed by atoms with Gasteiger partial charge < -0.3 is 20.3 Å². The second kappa shape index (κ2) is 54.0. The lowest BCUT2D eigenvalue weighted by Crippen LogP contribution is -2.45. The average molecular weight is 903 g/mol. The average Bonchev–Trinajstić information content (AvgIpc) is 3.29. The molecule has 6 heteroatoms. The monoisotopic (exact) mass is 902 g/mol. The van der Waals surface area contributed by atoms with Crippen molar-refractivity contribution in [2.45, 2.75) is 321 Å². The van der Waals surface area contributed by atoms with Crippen LogP contribution >= 0.6 is 0 Å². The number of carbonyl (C=O) groups excluding carboxylic acids is 2. The number of unbranched alkanes of at least 4 members (excludes halogenated alkanes) is 40. The lowest BCUT2D eigenvalue weighted by molar-refractivity contribution is -0.143. The third kappa shape index (κ3) is 49.8. The van der Waals surface area contributed by atoms with Gasteiger partial charge in [-0.1, -0.05) is 263 Å². The maximum Gasteiger partial charge on any atom is 0.305 e. The Balaban J connectivity index is 3.39. The van der Waals surface area contributed by atoms with E-state index in [4.69, 9.17) is 4.74 Å². The van der Waals surface area contributed by atoms with E-state index in [-0.39, 0.29) is 18.5 Å². The molecule has 2 atom stereocenters. The fourth-order valence-electron chi connectivity index (χ4n) is 8.81. The van der Waals surface area contributed by atoms with E-state index in [0.717, 1.165) is 44.9 Å². The van der Waals surface area contributed by atoms with Gasteiger partial charge in [0.15, 0.2) is 0 Å². The van der Waals surface area contributed by atoms with E-state index in [1.54, 1.807) is 6.08 Å². The van der Waals surface area contributed by atoms with E-state index in [1.165, 1.54) is 238 Å². The van der Waals surface area contributed by atoms with Gasteiger partial charge in [0.05, 0.1) is 25.4 Å². The number of hydrogen-bond donors (Lipinski definition) is 3. The third-order valence-electron chi connectivity index (χ3n) is 13.2. The molecule has 1 amide bonds. The van der Waals surface area contributed by atoms with Crippen molar-refractivity contribution in [2.24, 2.45) is 0 Å². The van der Waals surface area contributed by atoms with Crippen LogP contribution in [0.5, 0.6) is 0 Å². The quantitative estimate of drug-likeness (QED) is 0.0321. The summed E-state index contributed by atoms with van der Waals surface area (Å²) >= 11 is 0. The van der Waals surface area contributed by atoms with Gasteiger partial charge in [-0.05, 0) is 57.8 Å². The van der Waals surface area contributed by atoms with Crippen molar-refractivity contribution in [2.75, 3.05) is 13.2 Å². The molecular weight excluding hydrogens is 791 g/mol. The van der Waals surface area contributed by atoms with Gasteiger partial charge in [-0.15, -0.1) is 0 Å². The van der Waals surface area contributed by atoms with Crippen molar-refractivity contribution in [3.63, 3.8) is 0 Å². The van der Waals surface area contributed by atoms with Crippen molar-refractivity contribution in [1.82, 2.24) is 5.32 Å². The number of allylic oxidation sites excluding steroid dienone is 3. The molecule has 0 spiro atoms. The fraction of sp³-hybridized carbons (Fsp3) is 0.897. The topological polar surface area (TPSA) is 95.9 Å². The smallest absolute Gasteiger partial charge is 0.305 e. The van der Waals surface area contributed by atoms with Crippen LogP contribution in [-0.2, 0) is 14.3 Å². The van der Waals surface area contributed by atoms with E-state index in [2.05, 4.69) is 31.3 Å². The fourth-order valence-corrected chi connectivity index (χ4v) is 8.81. The van der Waals surface area contributed by atoms with Crippen molar-refractivity contribution in [3.05, 3.63) is 24.3 Å². The summed E-state index contributed by atoms with van der Waals surface area (Å²) in [5.74, 6) is -0.0668. The minimum absolute atomic E-state index is 0.00490. The van der Waals surface area contributed by atoms with Crippen molar-refractivity contribution < 1.29 is 24.5 Å². The number of esters is 1. The predicted molar refractivity (Wildman–Crippen MR) is 278 cm³/mol. The Morgan fingerprint density at radius 1 is 0.422 bits per heavy atom. The molecule has 64 heavy (non-hydrogen) atoms. The van der Waals surface area contributed by atoms with Crippen molar-refractivity contribution in [3.8, 4) is 0 Å². The first kappa shape index (κ1) is 62.3. The maximum atomic E-state index is 12.4. The van der Waals surface area contributed by atoms with E-state index in [9.17, 15) is 19.8 Å². The van der Waals surface area contributed by atoms with E-state index < -0.39 is 12.1 Å². The zero-order valence-corrected chi connectivity index (χ0v) is 43.0. The van der Waals surface area contributed by atoms with Gasteiger partial charge >= 0.3 is 5.97 Å². The number of aliphatic hydroxyl groups is 2. The van der Waals surface area contributed by atoms with Crippen LogP contribution in [0.25, 0.3) is 0 Å². The molecule has 378 valence electrons. The standard InChI is InChI=1S/C58H111NO5/c1-3-5-7-9-11-13-15-16-17-21-25-28-32-36-40-44-48-52-58(63)64-53-49-45-41-37-33-29-26-23-20-18-19-22-24-27-31-35-39-43-47-51-57(62)59-55(54-60)56(61)50-46-42-38-34-30-14-12-10-8-6-4-2/h16-17,46,50,55-56,60-61H,3-15,18-45,47-49,51-54H2,1-2H3,(H,59,62)/b17-16-,50-46+. The van der Waals surface area contributed by atoms with Crippen LogP contribution in [0.2, 0.25) is 0 Å². The zero-order valence-electron chi connectivity index (χ0n) is 43.0. The first-order valence-corrected chi connectivity index (χ1v) is 28.6. The number of ether oxygens (including phenoxy) is 1. The maximum absolute atomic E-state index is 12.4. The lowest BCUT2D eigenvalue weighted by atomic mass is 10.0. The normalized spacial score (nSPS) is 12.8. The Hall–Kier alpha value is -1.66. The molecule has 0 fully saturated rings. The molecule has 0 bridgehead atoms. The second-order valence-electron chi connectivity index (χ2n) is 19.6. The van der Waals surface area contributed by atoms with E-state index >= 15 is 0 Å². The second-order valence-corrected chi connectivity index (χ2v) is 19.6. The number of aliphatic hydroxyl groups excluding tert-OH is 2. The van der Waals surface area contributed by atoms with Crippen molar-refractivity contribution >= 4 is 11.9 Å². The highest BCUT2D eigenvalue weighted by atomic mass is 16.5. The molecule has 0 aromatic heterocycles. The minimum Gasteiger partial charge on any atom is -0.466 e. The van der Waals surface area contributed by atoms with Gasteiger partial charge in [0.1, 0.15) is 0 Å². The highest BCUT2D eigenvalue weighted by molar-refractivity contribution is 5.76. The molecule has 0 aliphatic rings. The number of rotatable bonds is 53. The summed E-state index contributed by atoms with van der Waals surface area (Å²) in [6, 6.07) is -0.628. The van der Waals surface area contributed by atoms with Gasteiger partial charge in [-0.25, -0.2) is 0 Å². The van der Waals surface area contributed by atoms with E-state index in [0.29, 0.717) is 19.4 Å². The third-order valence-corrected chi connectivity index (χ3v) is 13.2. The summed E-state index contributed by atoms with van der Waals surface area (Å²) in [5, 5.41) is 23.0. The number of amides is 1. The zero-order chi connectivity index (χ0) is 46.5. The van der Waals surface area contributed by atoms with Crippen LogP contribution in [0, 0.1) is 0 Å². The first-order valence-electron chi connectivity index (χ1n) is 28.6. The highest BCUT2D eigenvalue weighted by Crippen LogP contribution is 2.17. The Morgan fingerprint density at radius 2 is 0.734 bits per heavy atom. The van der Waals surface area contributed by atoms with Gasteiger partial charge in [-0.2, -0.15) is 0 Å². The van der Waals surface area contributed by atoms with Gasteiger partial charge in [0.25, 0.3) is 0 Å². The Labute approximate surface area is 399 Å². The largest absolute Gasteiger partial charge is 0.466 e. The number of nitrogens with one attached hydrogen (secondary N) is 1. The van der Waals surface area contributed by atoms with Crippen LogP contribution in [0.3, 0.4) is 0 Å². The summed E-state index contributed by atoms with van der Waals surface area (Å²) in [7, 11) is 0. The molecule has 0 saturated heterocycles. The van der Waals surface area contributed by atoms with Crippen LogP contribution in [0.4, 0.5) is 0 Å². The molecule has 3 N–H and O–H groups in total. The number of hydrogen-bond acceptors (Lipinski definition) is 5. The van der Waals surface area contributed by atoms with Crippen molar-refractivity contribution in [1.29, 1.82) is 0 Å². The molecule has 0 rings (SSSR count). The summed E-state index contributed by atoms with van der Waals surface area (Å²) in [6.45, 7) is 4.89. The van der Waals surface area contributed by atoms with Crippen LogP contribution in [0.15, 0.2) is 24.3 Å². The van der Waals surface area contributed by atoms with Gasteiger partial charge in [0, 0.05) is 12.8 Å². The summed E-state index contributed by atoms with van der Waals surface area (Å²) < 4.78 is 5.48. The van der Waals surface area contributed by atoms with Crippen LogP contribution < -0.4 is 5.32 Å². The van der Waals surface area contributed by atoms with Crippen LogP contribution in [-0.4, -0.2) is 47.4 Å². The van der Waals surface area contributed by atoms with E-state index in [1.807, 2.05) is 6.08 Å². The molecule has 2 unspecified atom stereocenters.